The van der Waals surface area contributed by atoms with Crippen molar-refractivity contribution in [2.75, 3.05) is 13.2 Å². The molecule has 7 nitrogen and oxygen atoms in total. The molecule has 2 aliphatic rings. The Kier molecular flexibility index (Phi) is 4.99. The molecule has 2 aliphatic heterocycles. The Hall–Kier alpha value is -2.58. The lowest BCUT2D eigenvalue weighted by atomic mass is 10.1. The number of nitrogens with zero attached hydrogens (tertiary/aromatic N) is 1. The number of nitrogens with one attached hydrogen (secondary N) is 1. The number of ether oxygens (including phenoxy) is 1. The molecule has 148 valence electrons. The van der Waals surface area contributed by atoms with Crippen LogP contribution in [0.15, 0.2) is 53.4 Å². The van der Waals surface area contributed by atoms with Crippen LogP contribution < -0.4 is 10.1 Å². The van der Waals surface area contributed by atoms with Crippen molar-refractivity contribution in [1.82, 2.24) is 9.62 Å². The van der Waals surface area contributed by atoms with E-state index in [0.717, 1.165) is 5.56 Å². The van der Waals surface area contributed by atoms with E-state index in [2.05, 4.69) is 5.32 Å². The number of amides is 1. The van der Waals surface area contributed by atoms with Gasteiger partial charge in [0.25, 0.3) is 0 Å². The number of phenolic OH excluding ortho intramolecular Hbond substituents is 1. The van der Waals surface area contributed by atoms with Crippen LogP contribution in [0.25, 0.3) is 0 Å². The molecule has 0 bridgehead atoms. The molecular weight excluding hydrogens is 380 g/mol. The minimum absolute atomic E-state index is 0.135. The van der Waals surface area contributed by atoms with E-state index in [1.54, 1.807) is 42.5 Å². The largest absolute Gasteiger partial charge is 0.508 e. The third-order valence-corrected chi connectivity index (χ3v) is 7.11. The van der Waals surface area contributed by atoms with Crippen LogP contribution in [0, 0.1) is 0 Å². The fourth-order valence-corrected chi connectivity index (χ4v) is 5.60. The third-order valence-electron chi connectivity index (χ3n) is 5.15. The molecular formula is C20H22N2O5S. The smallest absolute Gasteiger partial charge is 0.247 e. The van der Waals surface area contributed by atoms with Crippen molar-refractivity contribution in [2.24, 2.45) is 0 Å². The van der Waals surface area contributed by atoms with Crippen LogP contribution in [-0.2, 0) is 21.2 Å². The van der Waals surface area contributed by atoms with Gasteiger partial charge in [-0.3, -0.25) is 4.79 Å². The molecule has 2 N–H and O–H groups in total. The van der Waals surface area contributed by atoms with Crippen molar-refractivity contribution in [1.29, 1.82) is 0 Å². The second-order valence-corrected chi connectivity index (χ2v) is 9.02. The fourth-order valence-electron chi connectivity index (χ4n) is 3.80. The number of rotatable bonds is 4. The highest BCUT2D eigenvalue weighted by atomic mass is 32.2. The molecule has 0 radical (unpaired) electrons. The summed E-state index contributed by atoms with van der Waals surface area (Å²) in [5.74, 6) is 0.417. The number of carbonyl (C=O) groups is 1. The van der Waals surface area contributed by atoms with Crippen LogP contribution in [0.2, 0.25) is 0 Å². The van der Waals surface area contributed by atoms with Crippen LogP contribution in [-0.4, -0.2) is 49.0 Å². The standard InChI is InChI=1S/C20H22N2O5S/c23-17-5-3-4-14(10-17)8-9-20(24)21-15-11-16-13-27-18-6-1-2-7-19(18)28(25,26)22(16)12-15/h1-7,10,15-16,23H,8-9,11-13H2,(H,21,24)/t15-,16-/m0/s1. The van der Waals surface area contributed by atoms with Crippen molar-refractivity contribution in [3.63, 3.8) is 0 Å². The summed E-state index contributed by atoms with van der Waals surface area (Å²) in [6.07, 6.45) is 1.30. The van der Waals surface area contributed by atoms with E-state index in [-0.39, 0.29) is 48.2 Å². The van der Waals surface area contributed by atoms with Gasteiger partial charge < -0.3 is 15.2 Å². The maximum absolute atomic E-state index is 13.0. The van der Waals surface area contributed by atoms with Crippen LogP contribution in [0.1, 0.15) is 18.4 Å². The van der Waals surface area contributed by atoms with Gasteiger partial charge in [-0.25, -0.2) is 8.42 Å². The molecule has 0 aromatic heterocycles. The summed E-state index contributed by atoms with van der Waals surface area (Å²) in [4.78, 5) is 12.5. The van der Waals surface area contributed by atoms with Gasteiger partial charge in [0.15, 0.2) is 0 Å². The molecule has 2 aromatic rings. The van der Waals surface area contributed by atoms with Gasteiger partial charge in [-0.15, -0.1) is 0 Å². The molecule has 4 rings (SSSR count). The van der Waals surface area contributed by atoms with Crippen LogP contribution in [0.5, 0.6) is 11.5 Å². The maximum Gasteiger partial charge on any atom is 0.247 e. The summed E-state index contributed by atoms with van der Waals surface area (Å²) in [5, 5.41) is 12.4. The predicted molar refractivity (Wildman–Crippen MR) is 103 cm³/mol. The highest BCUT2D eigenvalue weighted by molar-refractivity contribution is 7.89. The average molecular weight is 402 g/mol. The number of fused-ring (bicyclic) bond motifs is 2. The predicted octanol–water partition coefficient (Wildman–Crippen LogP) is 1.67. The third kappa shape index (κ3) is 3.70. The molecule has 2 atom stereocenters. The summed E-state index contributed by atoms with van der Waals surface area (Å²) in [6, 6.07) is 12.9. The summed E-state index contributed by atoms with van der Waals surface area (Å²) < 4.78 is 33.1. The first kappa shape index (κ1) is 18.8. The highest BCUT2D eigenvalue weighted by Gasteiger charge is 2.43. The normalized spacial score (nSPS) is 23.1. The first-order chi connectivity index (χ1) is 13.4. The molecule has 1 amide bonds. The second kappa shape index (κ2) is 7.44. The van der Waals surface area contributed by atoms with Crippen molar-refractivity contribution >= 4 is 15.9 Å². The van der Waals surface area contributed by atoms with Crippen molar-refractivity contribution in [3.05, 3.63) is 54.1 Å². The number of hydrogen-bond acceptors (Lipinski definition) is 5. The SMILES string of the molecule is O=C(CCc1cccc(O)c1)N[C@H]1C[C@H]2COc3ccccc3S(=O)(=O)N2C1. The second-order valence-electron chi connectivity index (χ2n) is 7.16. The lowest BCUT2D eigenvalue weighted by molar-refractivity contribution is -0.121. The van der Waals surface area contributed by atoms with E-state index in [1.807, 2.05) is 6.07 Å². The van der Waals surface area contributed by atoms with Gasteiger partial charge in [0.1, 0.15) is 23.0 Å². The molecule has 8 heteroatoms. The van der Waals surface area contributed by atoms with Gasteiger partial charge in [-0.2, -0.15) is 4.31 Å². The van der Waals surface area contributed by atoms with Gasteiger partial charge in [-0.1, -0.05) is 24.3 Å². The zero-order valence-corrected chi connectivity index (χ0v) is 16.1. The average Bonchev–Trinajstić information content (AvgIpc) is 3.04. The van der Waals surface area contributed by atoms with Gasteiger partial charge in [0, 0.05) is 19.0 Å². The maximum atomic E-state index is 13.0. The van der Waals surface area contributed by atoms with E-state index in [1.165, 1.54) is 4.31 Å². The topological polar surface area (TPSA) is 95.9 Å². The molecule has 0 spiro atoms. The van der Waals surface area contributed by atoms with Crippen LogP contribution in [0.4, 0.5) is 0 Å². The van der Waals surface area contributed by atoms with Gasteiger partial charge >= 0.3 is 0 Å². The van der Waals surface area contributed by atoms with Crippen LogP contribution >= 0.6 is 0 Å². The van der Waals surface area contributed by atoms with Crippen molar-refractivity contribution < 1.29 is 23.1 Å². The first-order valence-electron chi connectivity index (χ1n) is 9.24. The Morgan fingerprint density at radius 3 is 2.86 bits per heavy atom. The molecule has 0 saturated carbocycles. The number of benzene rings is 2. The summed E-state index contributed by atoms with van der Waals surface area (Å²) >= 11 is 0. The van der Waals surface area contributed by atoms with E-state index < -0.39 is 10.0 Å². The molecule has 28 heavy (non-hydrogen) atoms. The molecule has 2 heterocycles. The Morgan fingerprint density at radius 1 is 1.21 bits per heavy atom. The Bertz CT molecular complexity index is 992. The summed E-state index contributed by atoms with van der Waals surface area (Å²) in [7, 11) is -3.66. The highest BCUT2D eigenvalue weighted by Crippen LogP contribution is 2.35. The van der Waals surface area contributed by atoms with Crippen molar-refractivity contribution in [3.8, 4) is 11.5 Å². The molecule has 0 unspecified atom stereocenters. The Balaban J connectivity index is 1.39. The van der Waals surface area contributed by atoms with Crippen molar-refractivity contribution in [2.45, 2.75) is 36.2 Å². The number of para-hydroxylation sites is 1. The van der Waals surface area contributed by atoms with Crippen LogP contribution in [0.3, 0.4) is 0 Å². The molecule has 1 saturated heterocycles. The number of sulfonamides is 1. The number of aryl methyl sites for hydroxylation is 1. The fraction of sp³-hybridized carbons (Fsp3) is 0.350. The number of aromatic hydroxyl groups is 1. The van der Waals surface area contributed by atoms with Gasteiger partial charge in [-0.05, 0) is 42.7 Å². The Labute approximate surface area is 164 Å². The monoisotopic (exact) mass is 402 g/mol. The summed E-state index contributed by atoms with van der Waals surface area (Å²) in [5.41, 5.74) is 0.878. The minimum Gasteiger partial charge on any atom is -0.508 e. The summed E-state index contributed by atoms with van der Waals surface area (Å²) in [6.45, 7) is 0.508. The molecule has 0 aliphatic carbocycles. The van der Waals surface area contributed by atoms with E-state index in [9.17, 15) is 18.3 Å². The minimum atomic E-state index is -3.66. The lowest BCUT2D eigenvalue weighted by Crippen LogP contribution is -2.39. The quantitative estimate of drug-likeness (QED) is 0.811. The molecule has 2 aromatic carbocycles. The first-order valence-corrected chi connectivity index (χ1v) is 10.7. The van der Waals surface area contributed by atoms with E-state index in [0.29, 0.717) is 18.6 Å². The van der Waals surface area contributed by atoms with Gasteiger partial charge in [0.2, 0.25) is 15.9 Å². The zero-order valence-electron chi connectivity index (χ0n) is 15.2. The Morgan fingerprint density at radius 2 is 2.04 bits per heavy atom. The zero-order chi connectivity index (χ0) is 19.7. The van der Waals surface area contributed by atoms with E-state index >= 15 is 0 Å². The number of phenols is 1. The van der Waals surface area contributed by atoms with E-state index in [4.69, 9.17) is 4.74 Å². The number of hydrogen-bond donors (Lipinski definition) is 2. The number of carbonyl (C=O) groups excluding carboxylic acids is 1. The van der Waals surface area contributed by atoms with Gasteiger partial charge in [0.05, 0.1) is 6.04 Å². The lowest BCUT2D eigenvalue weighted by Gasteiger charge is -2.19. The molecule has 1 fully saturated rings.